The zero-order valence-corrected chi connectivity index (χ0v) is 11.8. The van der Waals surface area contributed by atoms with Crippen molar-refractivity contribution in [3.63, 3.8) is 0 Å². The number of hydrogen-bond donors (Lipinski definition) is 0. The minimum absolute atomic E-state index is 0. The smallest absolute Gasteiger partial charge is 0 e. The molecule has 0 aliphatic heterocycles. The largest absolute Gasteiger partial charge is 0.999 e. The second-order valence-electron chi connectivity index (χ2n) is 2.17. The van der Waals surface area contributed by atoms with E-state index in [1.807, 2.05) is 30.3 Å². The van der Waals surface area contributed by atoms with Gasteiger partial charge in [0.05, 0.1) is 0 Å². The quantitative estimate of drug-likeness (QED) is 0.404. The number of rotatable bonds is 0. The van der Waals surface area contributed by atoms with Crippen molar-refractivity contribution < 1.29 is 35.0 Å². The first-order valence-electron chi connectivity index (χ1n) is 4.20. The Bertz CT molecular complexity index is 357. The van der Waals surface area contributed by atoms with Gasteiger partial charge in [0.1, 0.15) is 0 Å². The van der Waals surface area contributed by atoms with Crippen molar-refractivity contribution in [2.24, 2.45) is 0 Å². The van der Waals surface area contributed by atoms with Crippen LogP contribution in [0.15, 0.2) is 36.4 Å². The summed E-state index contributed by atoms with van der Waals surface area (Å²) < 4.78 is 22.5. The molecule has 0 aliphatic rings. The summed E-state index contributed by atoms with van der Waals surface area (Å²) in [6.45, 7) is 17.2. The molecular weight excluding hydrogens is 324 g/mol. The number of benzene rings is 1. The van der Waals surface area contributed by atoms with Gasteiger partial charge in [-0.3, -0.25) is 0 Å². The molecule has 0 saturated carbocycles. The van der Waals surface area contributed by atoms with Crippen molar-refractivity contribution in [2.45, 2.75) is 0 Å². The van der Waals surface area contributed by atoms with E-state index in [1.54, 1.807) is 6.07 Å². The Balaban J connectivity index is -0.0000000838. The van der Waals surface area contributed by atoms with Crippen molar-refractivity contribution in [2.75, 3.05) is 0 Å². The van der Waals surface area contributed by atoms with Crippen LogP contribution in [0.1, 0.15) is 5.56 Å². The van der Waals surface area contributed by atoms with Crippen LogP contribution in [-0.4, -0.2) is 0 Å². The first-order chi connectivity index (χ1) is 8.89. The molecule has 0 aromatic heterocycles. The SMILES string of the molecule is [C-]#[O+].[C-]#[O+].[C-]#[O+].[CH2-]c1ccccc1.[Mo].[c-]1[c-][c-][cH-][c-]1. The molecule has 98 valence electrons. The van der Waals surface area contributed by atoms with Crippen LogP contribution >= 0.6 is 0 Å². The second-order valence-corrected chi connectivity index (χ2v) is 2.17. The molecule has 2 aromatic carbocycles. The van der Waals surface area contributed by atoms with E-state index in [1.165, 1.54) is 0 Å². The van der Waals surface area contributed by atoms with E-state index in [-0.39, 0.29) is 21.1 Å². The fourth-order valence-corrected chi connectivity index (χ4v) is 0.658. The van der Waals surface area contributed by atoms with Crippen LogP contribution in [0.25, 0.3) is 0 Å². The van der Waals surface area contributed by atoms with Gasteiger partial charge < -0.3 is 30.3 Å². The molecule has 0 aliphatic carbocycles. The third-order valence-electron chi connectivity index (χ3n) is 1.19. The number of hydrogen-bond acceptors (Lipinski definition) is 0. The predicted molar refractivity (Wildman–Crippen MR) is 60.1 cm³/mol. The maximum Gasteiger partial charge on any atom is 0 e. The third-order valence-corrected chi connectivity index (χ3v) is 1.19. The molecule has 19 heavy (non-hydrogen) atoms. The Morgan fingerprint density at radius 2 is 1.21 bits per heavy atom. The molecule has 0 amide bonds. The molecule has 0 bridgehead atoms. The maximum absolute atomic E-state index is 7.50. The summed E-state index contributed by atoms with van der Waals surface area (Å²) in [5.74, 6) is 0. The van der Waals surface area contributed by atoms with E-state index in [0.717, 1.165) is 5.56 Å². The molecule has 0 heterocycles. The predicted octanol–water partition coefficient (Wildman–Crippen LogP) is 2.36. The van der Waals surface area contributed by atoms with Gasteiger partial charge in [-0.15, -0.1) is 12.1 Å². The Kier molecular flexibility index (Phi) is 41.0. The van der Waals surface area contributed by atoms with E-state index in [4.69, 9.17) is 14.0 Å². The van der Waals surface area contributed by atoms with Crippen LogP contribution < -0.4 is 0 Å². The van der Waals surface area contributed by atoms with Gasteiger partial charge in [-0.05, 0) is 0 Å². The standard InChI is InChI=1S/C7H7.C5H.3CO.Mo/c1-7-5-3-2-4-6-7;1-2-4-5-3-1;3*1-2;/h2-6H,1H2;1H;;;;/q-1;-5;;;;. The molecule has 3 nitrogen and oxygen atoms in total. The van der Waals surface area contributed by atoms with Crippen LogP contribution in [0, 0.1) is 51.1 Å². The maximum atomic E-state index is 7.50. The molecule has 0 unspecified atom stereocenters. The summed E-state index contributed by atoms with van der Waals surface area (Å²) in [6, 6.07) is 21.9. The molecule has 0 saturated heterocycles. The summed E-state index contributed by atoms with van der Waals surface area (Å²) in [4.78, 5) is 0. The fraction of sp³-hybridized carbons (Fsp3) is 0. The minimum atomic E-state index is 0. The molecule has 2 rings (SSSR count). The monoisotopic (exact) mass is 334 g/mol. The Hall–Kier alpha value is -1.65. The topological polar surface area (TPSA) is 59.7 Å². The minimum Gasteiger partial charge on any atom is -0.999 e. The Morgan fingerprint density at radius 3 is 1.37 bits per heavy atom. The first-order valence-corrected chi connectivity index (χ1v) is 4.20. The summed E-state index contributed by atoms with van der Waals surface area (Å²) >= 11 is 0. The summed E-state index contributed by atoms with van der Waals surface area (Å²) in [7, 11) is 0. The van der Waals surface area contributed by atoms with Gasteiger partial charge in [0.25, 0.3) is 0 Å². The van der Waals surface area contributed by atoms with Crippen LogP contribution in [0.5, 0.6) is 0 Å². The summed E-state index contributed by atoms with van der Waals surface area (Å²) in [5.41, 5.74) is 1.07. The molecule has 2 aromatic rings. The van der Waals surface area contributed by atoms with E-state index < -0.39 is 0 Å². The second kappa shape index (κ2) is 29.9. The normalized spacial score (nSPS) is 5.58. The van der Waals surface area contributed by atoms with Gasteiger partial charge in [0.15, 0.2) is 0 Å². The first kappa shape index (κ1) is 26.0. The zero-order chi connectivity index (χ0) is 14.6. The van der Waals surface area contributed by atoms with Gasteiger partial charge >= 0.3 is 33.9 Å². The van der Waals surface area contributed by atoms with Crippen molar-refractivity contribution in [3.05, 3.63) is 93.1 Å². The van der Waals surface area contributed by atoms with Crippen molar-refractivity contribution in [1.82, 2.24) is 0 Å². The Labute approximate surface area is 128 Å². The summed E-state index contributed by atoms with van der Waals surface area (Å²) in [5, 5.41) is 0. The molecule has 0 fully saturated rings. The average molecular weight is 332 g/mol. The van der Waals surface area contributed by atoms with Crippen LogP contribution in [0.2, 0.25) is 0 Å². The summed E-state index contributed by atoms with van der Waals surface area (Å²) in [6.07, 6.45) is 0. The molecular formula is C15H8MoO3-6. The van der Waals surface area contributed by atoms with Crippen LogP contribution in [0.3, 0.4) is 0 Å². The van der Waals surface area contributed by atoms with E-state index >= 15 is 0 Å². The molecule has 0 radical (unpaired) electrons. The Morgan fingerprint density at radius 1 is 0.842 bits per heavy atom. The molecule has 0 atom stereocenters. The molecule has 0 N–H and O–H groups in total. The molecule has 4 heteroatoms. The fourth-order valence-electron chi connectivity index (χ4n) is 0.658. The third kappa shape index (κ3) is 26.1. The van der Waals surface area contributed by atoms with Gasteiger partial charge in [-0.2, -0.15) is 24.6 Å². The van der Waals surface area contributed by atoms with E-state index in [9.17, 15) is 0 Å². The zero-order valence-electron chi connectivity index (χ0n) is 9.80. The van der Waals surface area contributed by atoms with Crippen molar-refractivity contribution in [3.8, 4) is 0 Å². The van der Waals surface area contributed by atoms with Crippen molar-refractivity contribution >= 4 is 0 Å². The van der Waals surface area contributed by atoms with E-state index in [2.05, 4.69) is 51.1 Å². The molecule has 0 spiro atoms. The van der Waals surface area contributed by atoms with Crippen LogP contribution in [0.4, 0.5) is 0 Å². The van der Waals surface area contributed by atoms with Crippen molar-refractivity contribution in [1.29, 1.82) is 0 Å². The average Bonchev–Trinajstić information content (AvgIpc) is 3.06. The van der Waals surface area contributed by atoms with Crippen LogP contribution in [-0.2, 0) is 35.0 Å². The van der Waals surface area contributed by atoms with Gasteiger partial charge in [0.2, 0.25) is 0 Å². The van der Waals surface area contributed by atoms with E-state index in [0.29, 0.717) is 0 Å². The van der Waals surface area contributed by atoms with Gasteiger partial charge in [-0.1, -0.05) is 6.07 Å². The van der Waals surface area contributed by atoms with Gasteiger partial charge in [-0.25, -0.2) is 0 Å². The van der Waals surface area contributed by atoms with Gasteiger partial charge in [0, 0.05) is 21.1 Å².